The highest BCUT2D eigenvalue weighted by atomic mass is 19.1. The van der Waals surface area contributed by atoms with Crippen LogP contribution in [0.3, 0.4) is 0 Å². The van der Waals surface area contributed by atoms with Crippen LogP contribution in [0.2, 0.25) is 0 Å². The van der Waals surface area contributed by atoms with Gasteiger partial charge in [-0.3, -0.25) is 9.69 Å². The summed E-state index contributed by atoms with van der Waals surface area (Å²) in [5, 5.41) is 5.85. The molecule has 13 heteroatoms. The van der Waals surface area contributed by atoms with Crippen molar-refractivity contribution in [2.24, 2.45) is 5.92 Å². The molecule has 2 fully saturated rings. The Balaban J connectivity index is 1.38. The Morgan fingerprint density at radius 2 is 2.02 bits per heavy atom. The van der Waals surface area contributed by atoms with Crippen LogP contribution in [0.25, 0.3) is 0 Å². The van der Waals surface area contributed by atoms with Crippen molar-refractivity contribution in [2.75, 3.05) is 26.4 Å². The van der Waals surface area contributed by atoms with Crippen molar-refractivity contribution >= 4 is 24.1 Å². The van der Waals surface area contributed by atoms with Crippen molar-refractivity contribution in [3.63, 3.8) is 0 Å². The number of hydrogen-bond acceptors (Lipinski definition) is 9. The average Bonchev–Trinajstić information content (AvgIpc) is 3.31. The fourth-order valence-electron chi connectivity index (χ4n) is 6.42. The maximum Gasteiger partial charge on any atom is 0.410 e. The van der Waals surface area contributed by atoms with E-state index >= 15 is 0 Å². The summed E-state index contributed by atoms with van der Waals surface area (Å²) in [6.07, 6.45) is 3.15. The molecule has 2 N–H and O–H groups in total. The highest BCUT2D eigenvalue weighted by Crippen LogP contribution is 2.46. The van der Waals surface area contributed by atoms with E-state index in [1.54, 1.807) is 44.7 Å². The number of carbonyl (C=O) groups is 4. The normalized spacial score (nSPS) is 28.4. The van der Waals surface area contributed by atoms with Gasteiger partial charge in [-0.15, -0.1) is 0 Å². The molecule has 47 heavy (non-hydrogen) atoms. The number of carbonyl (C=O) groups excluding carboxylic acids is 4. The Morgan fingerprint density at radius 3 is 2.74 bits per heavy atom. The van der Waals surface area contributed by atoms with Gasteiger partial charge >= 0.3 is 18.2 Å². The van der Waals surface area contributed by atoms with E-state index in [1.807, 2.05) is 12.2 Å². The van der Waals surface area contributed by atoms with Gasteiger partial charge < -0.3 is 34.5 Å². The maximum absolute atomic E-state index is 14.4. The topological polar surface area (TPSA) is 136 Å². The lowest BCUT2D eigenvalue weighted by molar-refractivity contribution is -0.149. The lowest BCUT2D eigenvalue weighted by Gasteiger charge is -2.34. The predicted molar refractivity (Wildman–Crippen MR) is 168 cm³/mol. The number of rotatable bonds is 4. The van der Waals surface area contributed by atoms with Crippen LogP contribution in [0.15, 0.2) is 42.6 Å². The first-order valence-corrected chi connectivity index (χ1v) is 16.2. The molecule has 1 aliphatic carbocycles. The highest BCUT2D eigenvalue weighted by Gasteiger charge is 2.62. The third-order valence-electron chi connectivity index (χ3n) is 8.84. The standard InChI is InChI=1S/C34H45FN4O8/c1-6-45-30(41)34-17-23(34)11-8-14-44-15-9-13-27(36-31(42)47-33(3,4)5)21(2)39-19-24(16-28(39)29(40)37-34)46-32(43)38-18-22-10-7-12-26(35)25(22)20-38/h7-8,10-12,23-24,27-28H,2,6,9,13-20H2,1,3-5H3,(H,36,42)(H,37,40)/b11-8-/t23-,24-,27+,28+,34-/m1/s1. The third-order valence-corrected chi connectivity index (χ3v) is 8.84. The van der Waals surface area contributed by atoms with Gasteiger partial charge in [0.15, 0.2) is 0 Å². The fourth-order valence-corrected chi connectivity index (χ4v) is 6.42. The summed E-state index contributed by atoms with van der Waals surface area (Å²) in [7, 11) is 0. The van der Waals surface area contributed by atoms with Crippen LogP contribution < -0.4 is 10.6 Å². The van der Waals surface area contributed by atoms with E-state index in [2.05, 4.69) is 17.2 Å². The van der Waals surface area contributed by atoms with E-state index in [-0.39, 0.29) is 44.4 Å². The molecule has 1 aromatic carbocycles. The van der Waals surface area contributed by atoms with Gasteiger partial charge in [-0.05, 0) is 58.6 Å². The molecule has 0 radical (unpaired) electrons. The van der Waals surface area contributed by atoms with E-state index in [1.165, 1.54) is 11.0 Å². The molecule has 3 aliphatic heterocycles. The summed E-state index contributed by atoms with van der Waals surface area (Å²) < 4.78 is 36.9. The largest absolute Gasteiger partial charge is 0.464 e. The van der Waals surface area contributed by atoms with Crippen LogP contribution in [0.4, 0.5) is 14.0 Å². The molecule has 1 saturated carbocycles. The van der Waals surface area contributed by atoms with E-state index in [0.717, 1.165) is 0 Å². The van der Waals surface area contributed by atoms with Crippen LogP contribution in [0.1, 0.15) is 64.5 Å². The molecular weight excluding hydrogens is 611 g/mol. The van der Waals surface area contributed by atoms with Gasteiger partial charge in [0, 0.05) is 36.8 Å². The number of nitrogens with zero attached hydrogens (tertiary/aromatic N) is 2. The number of halogens is 1. The number of hydrogen-bond donors (Lipinski definition) is 2. The molecular formula is C34H45FN4O8. The number of fused-ring (bicyclic) bond motifs is 3. The number of amides is 3. The van der Waals surface area contributed by atoms with Gasteiger partial charge in [-0.25, -0.2) is 18.8 Å². The van der Waals surface area contributed by atoms with Gasteiger partial charge in [0.25, 0.3) is 0 Å². The van der Waals surface area contributed by atoms with Crippen molar-refractivity contribution in [2.45, 2.75) is 95.8 Å². The number of benzene rings is 1. The molecule has 12 nitrogen and oxygen atoms in total. The molecule has 256 valence electrons. The molecule has 4 aliphatic rings. The summed E-state index contributed by atoms with van der Waals surface area (Å²) in [5.74, 6) is -1.63. The molecule has 0 aromatic heterocycles. The maximum atomic E-state index is 14.4. The molecule has 1 aromatic rings. The Bertz CT molecular complexity index is 1430. The molecule has 5 rings (SSSR count). The SMILES string of the molecule is C=C1[C@@H](NC(=O)OC(C)(C)C)CCCOC/C=C\[C@@H]2C[C@@]2(C(=O)OCC)NC(=O)[C@@H]2C[C@@H](OC(=O)N3Cc4cccc(F)c4C3)CN12. The Hall–Kier alpha value is -4.13. The van der Waals surface area contributed by atoms with Crippen molar-refractivity contribution in [1.82, 2.24) is 20.4 Å². The highest BCUT2D eigenvalue weighted by molar-refractivity contribution is 5.94. The summed E-state index contributed by atoms with van der Waals surface area (Å²) in [6.45, 7) is 12.5. The molecule has 0 unspecified atom stereocenters. The summed E-state index contributed by atoms with van der Waals surface area (Å²) >= 11 is 0. The van der Waals surface area contributed by atoms with Crippen LogP contribution in [0, 0.1) is 11.7 Å². The number of nitrogens with one attached hydrogen (secondary N) is 2. The minimum absolute atomic E-state index is 0.0782. The van der Waals surface area contributed by atoms with Crippen LogP contribution in [-0.2, 0) is 41.6 Å². The van der Waals surface area contributed by atoms with E-state index in [4.69, 9.17) is 18.9 Å². The van der Waals surface area contributed by atoms with Crippen molar-refractivity contribution in [1.29, 1.82) is 0 Å². The van der Waals surface area contributed by atoms with Crippen LogP contribution >= 0.6 is 0 Å². The minimum atomic E-state index is -1.23. The van der Waals surface area contributed by atoms with Gasteiger partial charge in [0.2, 0.25) is 5.91 Å². The average molecular weight is 657 g/mol. The summed E-state index contributed by atoms with van der Waals surface area (Å²) in [4.78, 5) is 56.5. The molecule has 0 spiro atoms. The Labute approximate surface area is 274 Å². The monoisotopic (exact) mass is 656 g/mol. The zero-order chi connectivity index (χ0) is 33.9. The number of ether oxygens (including phenoxy) is 4. The van der Waals surface area contributed by atoms with Crippen LogP contribution in [0.5, 0.6) is 0 Å². The first-order chi connectivity index (χ1) is 22.3. The Morgan fingerprint density at radius 1 is 1.23 bits per heavy atom. The second-order valence-corrected chi connectivity index (χ2v) is 13.5. The predicted octanol–water partition coefficient (Wildman–Crippen LogP) is 3.93. The fraction of sp³-hybridized carbons (Fsp3) is 0.588. The molecule has 3 amide bonds. The van der Waals surface area contributed by atoms with Gasteiger partial charge in [0.05, 0.1) is 32.3 Å². The van der Waals surface area contributed by atoms with E-state index < -0.39 is 53.4 Å². The third kappa shape index (κ3) is 7.89. The second kappa shape index (κ2) is 13.9. The number of esters is 1. The van der Waals surface area contributed by atoms with E-state index in [0.29, 0.717) is 49.3 Å². The molecule has 5 atom stereocenters. The van der Waals surface area contributed by atoms with Crippen molar-refractivity contribution in [3.05, 3.63) is 59.6 Å². The van der Waals surface area contributed by atoms with Gasteiger partial charge in [-0.1, -0.05) is 30.9 Å². The van der Waals surface area contributed by atoms with Crippen molar-refractivity contribution < 1.29 is 42.5 Å². The Kier molecular flexibility index (Phi) is 10.1. The zero-order valence-corrected chi connectivity index (χ0v) is 27.5. The van der Waals surface area contributed by atoms with E-state index in [9.17, 15) is 23.6 Å². The van der Waals surface area contributed by atoms with Crippen LogP contribution in [-0.4, -0.2) is 89.6 Å². The first-order valence-electron chi connectivity index (χ1n) is 16.2. The number of alkyl carbamates (subject to hydrolysis) is 1. The zero-order valence-electron chi connectivity index (χ0n) is 27.5. The van der Waals surface area contributed by atoms with Gasteiger partial charge in [-0.2, -0.15) is 0 Å². The quantitative estimate of drug-likeness (QED) is 0.281. The lowest BCUT2D eigenvalue weighted by Crippen LogP contribution is -2.53. The van der Waals surface area contributed by atoms with Gasteiger partial charge in [0.1, 0.15) is 29.1 Å². The summed E-state index contributed by atoms with van der Waals surface area (Å²) in [6, 6.07) is 3.22. The smallest absolute Gasteiger partial charge is 0.410 e. The first kappa shape index (κ1) is 34.2. The summed E-state index contributed by atoms with van der Waals surface area (Å²) in [5.41, 5.74) is -0.378. The minimum Gasteiger partial charge on any atom is -0.464 e. The second-order valence-electron chi connectivity index (χ2n) is 13.5. The molecule has 3 heterocycles. The molecule has 0 bridgehead atoms. The lowest BCUT2D eigenvalue weighted by atomic mass is 10.1. The van der Waals surface area contributed by atoms with Crippen molar-refractivity contribution in [3.8, 4) is 0 Å². The molecule has 1 saturated heterocycles.